The predicted molar refractivity (Wildman–Crippen MR) is 61.6 cm³/mol. The van der Waals surface area contributed by atoms with E-state index in [1.807, 2.05) is 0 Å². The number of halogens is 4. The third-order valence-corrected chi connectivity index (χ3v) is 2.30. The van der Waals surface area contributed by atoms with E-state index >= 15 is 0 Å². The molecular weight excluding hydrogens is 247 g/mol. The van der Waals surface area contributed by atoms with E-state index in [4.69, 9.17) is 4.74 Å². The van der Waals surface area contributed by atoms with Crippen LogP contribution < -0.4 is 10.2 Å². The molecule has 18 heavy (non-hydrogen) atoms. The van der Waals surface area contributed by atoms with E-state index in [0.29, 0.717) is 11.8 Å². The molecule has 2 aromatic carbocycles. The van der Waals surface area contributed by atoms with Crippen molar-refractivity contribution in [3.05, 3.63) is 54.3 Å². The summed E-state index contributed by atoms with van der Waals surface area (Å²) >= 11 is 0. The molecule has 0 saturated carbocycles. The Bertz CT molecular complexity index is 540. The lowest BCUT2D eigenvalue weighted by Crippen LogP contribution is -2.36. The van der Waals surface area contributed by atoms with E-state index in [-0.39, 0.29) is 5.75 Å². The Balaban J connectivity index is 2.25. The van der Waals surface area contributed by atoms with Crippen LogP contribution >= 0.6 is 0 Å². The molecule has 0 aliphatic carbocycles. The molecule has 2 aromatic rings. The fourth-order valence-electron chi connectivity index (χ4n) is 1.46. The van der Waals surface area contributed by atoms with E-state index in [9.17, 15) is 17.3 Å². The molecule has 0 bridgehead atoms. The van der Waals surface area contributed by atoms with E-state index in [2.05, 4.69) is 0 Å². The van der Waals surface area contributed by atoms with Crippen LogP contribution in [0.25, 0.3) is 0 Å². The molecule has 0 aromatic heterocycles. The Kier molecular flexibility index (Phi) is 3.27. The molecule has 0 fully saturated rings. The quantitative estimate of drug-likeness (QED) is 0.600. The fourth-order valence-corrected chi connectivity index (χ4v) is 1.46. The molecule has 0 atom stereocenters. The van der Waals surface area contributed by atoms with Gasteiger partial charge in [-0.1, -0.05) is 29.7 Å². The highest BCUT2D eigenvalue weighted by Crippen LogP contribution is 2.22. The van der Waals surface area contributed by atoms with Gasteiger partial charge in [0, 0.05) is 6.07 Å². The van der Waals surface area contributed by atoms with Crippen molar-refractivity contribution < 1.29 is 22.1 Å². The fraction of sp³-hybridized carbons (Fsp3) is 0. The van der Waals surface area contributed by atoms with Gasteiger partial charge in [-0.2, -0.15) is 0 Å². The minimum absolute atomic E-state index is 0.0301. The number of rotatable bonds is 3. The number of ether oxygens (including phenoxy) is 1. The molecule has 6 heteroatoms. The van der Waals surface area contributed by atoms with Crippen molar-refractivity contribution >= 4 is 12.4 Å². The highest BCUT2D eigenvalue weighted by atomic mass is 19.4. The van der Waals surface area contributed by atoms with Gasteiger partial charge in [-0.15, -0.1) is 0 Å². The molecule has 0 spiro atoms. The van der Waals surface area contributed by atoms with Crippen molar-refractivity contribution in [2.45, 2.75) is 0 Å². The Morgan fingerprint density at radius 2 is 1.50 bits per heavy atom. The van der Waals surface area contributed by atoms with Gasteiger partial charge in [0.25, 0.3) is 0 Å². The average molecular weight is 255 g/mol. The summed E-state index contributed by atoms with van der Waals surface area (Å²) in [6.07, 6.45) is 0. The minimum atomic E-state index is -5.34. The van der Waals surface area contributed by atoms with Crippen LogP contribution in [0, 0.1) is 5.82 Å². The van der Waals surface area contributed by atoms with E-state index in [1.165, 1.54) is 0 Å². The SMILES string of the molecule is Fc1cc(Oc2ccccc2)ccc1[B-](F)(F)F. The van der Waals surface area contributed by atoms with Crippen molar-refractivity contribution in [3.8, 4) is 11.5 Å². The first-order valence-corrected chi connectivity index (χ1v) is 5.19. The smallest absolute Gasteiger partial charge is 0.457 e. The summed E-state index contributed by atoms with van der Waals surface area (Å²) in [7, 11) is 0. The topological polar surface area (TPSA) is 9.23 Å². The van der Waals surface area contributed by atoms with Crippen molar-refractivity contribution in [2.24, 2.45) is 0 Å². The average Bonchev–Trinajstić information content (AvgIpc) is 2.28. The zero-order valence-electron chi connectivity index (χ0n) is 9.12. The van der Waals surface area contributed by atoms with Gasteiger partial charge >= 0.3 is 6.98 Å². The van der Waals surface area contributed by atoms with Gasteiger partial charge in [0.2, 0.25) is 0 Å². The maximum absolute atomic E-state index is 13.3. The number of para-hydroxylation sites is 1. The van der Waals surface area contributed by atoms with Crippen LogP contribution in [0.1, 0.15) is 0 Å². The molecule has 94 valence electrons. The summed E-state index contributed by atoms with van der Waals surface area (Å²) in [5, 5.41) is 0. The molecule has 0 unspecified atom stereocenters. The second-order valence-electron chi connectivity index (χ2n) is 3.67. The Morgan fingerprint density at radius 1 is 0.833 bits per heavy atom. The molecule has 0 saturated heterocycles. The van der Waals surface area contributed by atoms with E-state index < -0.39 is 18.3 Å². The lowest BCUT2D eigenvalue weighted by Gasteiger charge is -2.16. The van der Waals surface area contributed by atoms with Gasteiger partial charge in [-0.3, -0.25) is 0 Å². The van der Waals surface area contributed by atoms with Crippen molar-refractivity contribution in [1.29, 1.82) is 0 Å². The Hall–Kier alpha value is -1.98. The van der Waals surface area contributed by atoms with E-state index in [0.717, 1.165) is 12.1 Å². The Morgan fingerprint density at radius 3 is 2.06 bits per heavy atom. The zero-order valence-corrected chi connectivity index (χ0v) is 9.12. The Labute approximate surface area is 101 Å². The van der Waals surface area contributed by atoms with Crippen LogP contribution in [-0.4, -0.2) is 6.98 Å². The monoisotopic (exact) mass is 255 g/mol. The first kappa shape index (κ1) is 12.5. The zero-order chi connectivity index (χ0) is 13.2. The summed E-state index contributed by atoms with van der Waals surface area (Å²) in [6.45, 7) is -5.34. The molecule has 0 aliphatic heterocycles. The van der Waals surface area contributed by atoms with E-state index in [1.54, 1.807) is 30.3 Å². The summed E-state index contributed by atoms with van der Waals surface area (Å²) in [6, 6.07) is 10.9. The lowest BCUT2D eigenvalue weighted by atomic mass is 9.80. The summed E-state index contributed by atoms with van der Waals surface area (Å²) < 4.78 is 55.7. The van der Waals surface area contributed by atoms with Crippen LogP contribution in [0.4, 0.5) is 17.3 Å². The summed E-state index contributed by atoms with van der Waals surface area (Å²) in [5.74, 6) is -0.861. The standard InChI is InChI=1S/C12H8BF4O/c14-12-8-10(6-7-11(12)13(15,16)17)18-9-4-2-1-3-5-9/h1-8H/q-1. The van der Waals surface area contributed by atoms with Crippen LogP contribution in [-0.2, 0) is 0 Å². The molecule has 1 nitrogen and oxygen atoms in total. The molecule has 0 aliphatic rings. The molecular formula is C12H8BF4O-. The van der Waals surface area contributed by atoms with Crippen molar-refractivity contribution in [1.82, 2.24) is 0 Å². The van der Waals surface area contributed by atoms with Crippen LogP contribution in [0.15, 0.2) is 48.5 Å². The van der Waals surface area contributed by atoms with Crippen LogP contribution in [0.3, 0.4) is 0 Å². The first-order chi connectivity index (χ1) is 8.47. The second kappa shape index (κ2) is 4.72. The molecule has 2 rings (SSSR count). The van der Waals surface area contributed by atoms with Gasteiger partial charge in [-0.25, -0.2) is 4.39 Å². The third kappa shape index (κ3) is 2.82. The molecule has 0 amide bonds. The third-order valence-electron chi connectivity index (χ3n) is 2.30. The van der Waals surface area contributed by atoms with Gasteiger partial charge < -0.3 is 17.7 Å². The first-order valence-electron chi connectivity index (χ1n) is 5.19. The predicted octanol–water partition coefficient (Wildman–Crippen LogP) is 3.67. The second-order valence-corrected chi connectivity index (χ2v) is 3.67. The van der Waals surface area contributed by atoms with Gasteiger partial charge in [0.1, 0.15) is 11.5 Å². The highest BCUT2D eigenvalue weighted by Gasteiger charge is 2.28. The number of hydrogen-bond donors (Lipinski definition) is 0. The molecule has 0 heterocycles. The number of hydrogen-bond acceptors (Lipinski definition) is 1. The maximum Gasteiger partial charge on any atom is 0.512 e. The molecule has 0 N–H and O–H groups in total. The summed E-state index contributed by atoms with van der Waals surface area (Å²) in [4.78, 5) is 0. The van der Waals surface area contributed by atoms with Gasteiger partial charge in [0.15, 0.2) is 0 Å². The summed E-state index contributed by atoms with van der Waals surface area (Å²) in [5.41, 5.74) is -1.24. The van der Waals surface area contributed by atoms with Crippen LogP contribution in [0.5, 0.6) is 11.5 Å². The van der Waals surface area contributed by atoms with Gasteiger partial charge in [-0.05, 0) is 18.2 Å². The van der Waals surface area contributed by atoms with Crippen LogP contribution in [0.2, 0.25) is 0 Å². The van der Waals surface area contributed by atoms with Crippen molar-refractivity contribution in [3.63, 3.8) is 0 Å². The maximum atomic E-state index is 13.3. The normalized spacial score (nSPS) is 11.3. The number of benzene rings is 2. The minimum Gasteiger partial charge on any atom is -0.457 e. The largest absolute Gasteiger partial charge is 0.512 e. The van der Waals surface area contributed by atoms with Gasteiger partial charge in [0.05, 0.1) is 5.82 Å². The highest BCUT2D eigenvalue weighted by molar-refractivity contribution is 6.73. The van der Waals surface area contributed by atoms with Crippen molar-refractivity contribution in [2.75, 3.05) is 0 Å². The molecule has 0 radical (unpaired) electrons. The lowest BCUT2D eigenvalue weighted by molar-refractivity contribution is 0.473.